The van der Waals surface area contributed by atoms with Gasteiger partial charge in [0.05, 0.1) is 63.4 Å². The third kappa shape index (κ3) is 12.1. The molecule has 0 aromatic rings. The van der Waals surface area contributed by atoms with E-state index in [0.29, 0.717) is 51.4 Å². The molecule has 35 atom stereocenters. The highest BCUT2D eigenvalue weighted by Crippen LogP contribution is 2.76. The van der Waals surface area contributed by atoms with Gasteiger partial charge in [-0.15, -0.1) is 0 Å². The molecule has 0 amide bonds. The van der Waals surface area contributed by atoms with E-state index >= 15 is 4.79 Å². The lowest BCUT2D eigenvalue weighted by atomic mass is 9.33. The standard InChI is InChI=1S/C62H98O31/c1-24-41(87-50-40(76)42(30(68)20-83-50)88-54-46(77)62(81,22-64)23-85-54)35(71)38(74)51(86-24)90-44-34(70)29(67)19-84-53(44)93-55(80)61-14-12-56(2,3)16-26(61)25-8-9-32-57(4)17-27(65)47(58(5,21-63)31(57)10-11-60(32,7)59(25,6)13-15-61)92-52-39(75)36(72)43(45(91-52)48(78)79)89-49-37(73)33(69)28(66)18-82-49/h8,24,26-47,49-54,63-77,81H,9-23H2,1-7H3,(H,78,79)/t24-,26-,27-,28+,29+,30+,31+,32+,33-,34-,35+,36-,37+,38+,39+,40+,41-,42-,43-,44+,45-,46-,47-,49-,50-,51-,52-,53-,54-,57+,58-,59+,60+,61-,62+/m0/s1. The Hall–Kier alpha value is -2.40. The van der Waals surface area contributed by atoms with Crippen molar-refractivity contribution in [3.63, 3.8) is 0 Å². The minimum atomic E-state index is -2.08. The Morgan fingerprint density at radius 3 is 1.76 bits per heavy atom. The van der Waals surface area contributed by atoms with Gasteiger partial charge in [-0.05, 0) is 104 Å². The number of aliphatic carboxylic acids is 1. The zero-order valence-electron chi connectivity index (χ0n) is 53.2. The molecule has 6 saturated heterocycles. The van der Waals surface area contributed by atoms with Crippen LogP contribution in [0, 0.1) is 50.2 Å². The van der Waals surface area contributed by atoms with Crippen LogP contribution in [0.2, 0.25) is 0 Å². The van der Waals surface area contributed by atoms with E-state index in [2.05, 4.69) is 40.7 Å². The summed E-state index contributed by atoms with van der Waals surface area (Å²) in [6.07, 6.45) is -37.5. The van der Waals surface area contributed by atoms with Crippen LogP contribution in [0.25, 0.3) is 0 Å². The first-order valence-corrected chi connectivity index (χ1v) is 32.5. The fourth-order valence-corrected chi connectivity index (χ4v) is 18.5. The van der Waals surface area contributed by atoms with Gasteiger partial charge in [-0.2, -0.15) is 0 Å². The topological polar surface area (TPSA) is 489 Å². The molecule has 0 bridgehead atoms. The van der Waals surface area contributed by atoms with Crippen molar-refractivity contribution in [2.24, 2.45) is 50.2 Å². The average molecular weight is 1340 g/mol. The lowest BCUT2D eigenvalue weighted by Crippen LogP contribution is -2.70. The summed E-state index contributed by atoms with van der Waals surface area (Å²) in [6.45, 7) is 10.7. The second-order valence-electron chi connectivity index (χ2n) is 30.3. The second-order valence-corrected chi connectivity index (χ2v) is 30.3. The van der Waals surface area contributed by atoms with Gasteiger partial charge < -0.3 is 144 Å². The third-order valence-electron chi connectivity index (χ3n) is 24.2. The van der Waals surface area contributed by atoms with Crippen molar-refractivity contribution < 1.29 is 153 Å². The maximum Gasteiger partial charge on any atom is 0.335 e. The van der Waals surface area contributed by atoms with Gasteiger partial charge >= 0.3 is 11.9 Å². The molecule has 0 aromatic carbocycles. The van der Waals surface area contributed by atoms with Gasteiger partial charge in [0.2, 0.25) is 6.29 Å². The molecule has 31 nitrogen and oxygen atoms in total. The first kappa shape index (κ1) is 71.9. The Morgan fingerprint density at radius 1 is 0.548 bits per heavy atom. The molecular weight excluding hydrogens is 1240 g/mol. The molecule has 31 heteroatoms. The summed E-state index contributed by atoms with van der Waals surface area (Å²) in [5.41, 5.74) is -5.32. The minimum Gasteiger partial charge on any atom is -0.479 e. The van der Waals surface area contributed by atoms with Crippen molar-refractivity contribution in [3.8, 4) is 0 Å². The molecule has 11 aliphatic rings. The molecule has 93 heavy (non-hydrogen) atoms. The Labute approximate surface area is 536 Å². The van der Waals surface area contributed by atoms with Crippen LogP contribution < -0.4 is 0 Å². The number of aliphatic hydroxyl groups is 16. The van der Waals surface area contributed by atoms with Crippen LogP contribution in [0.1, 0.15) is 106 Å². The lowest BCUT2D eigenvalue weighted by Gasteiger charge is -2.71. The number of hydrogen-bond acceptors (Lipinski definition) is 30. The monoisotopic (exact) mass is 1340 g/mol. The fraction of sp³-hybridized carbons (Fsp3) is 0.935. The van der Waals surface area contributed by atoms with Gasteiger partial charge in [-0.1, -0.05) is 53.2 Å². The predicted octanol–water partition coefficient (Wildman–Crippen LogP) is -4.77. The smallest absolute Gasteiger partial charge is 0.335 e. The van der Waals surface area contributed by atoms with E-state index in [9.17, 15) is 91.6 Å². The number of carboxylic acids is 1. The Morgan fingerprint density at radius 2 is 1.12 bits per heavy atom. The summed E-state index contributed by atoms with van der Waals surface area (Å²) in [4.78, 5) is 28.2. The zero-order valence-corrected chi connectivity index (χ0v) is 53.2. The predicted molar refractivity (Wildman–Crippen MR) is 306 cm³/mol. The van der Waals surface area contributed by atoms with Crippen molar-refractivity contribution in [3.05, 3.63) is 11.6 Å². The number of carboxylic acid groups (broad SMARTS) is 1. The fourth-order valence-electron chi connectivity index (χ4n) is 18.5. The summed E-state index contributed by atoms with van der Waals surface area (Å²) in [7, 11) is 0. The maximum atomic E-state index is 15.5. The zero-order chi connectivity index (χ0) is 67.8. The molecule has 0 unspecified atom stereocenters. The molecule has 0 spiro atoms. The largest absolute Gasteiger partial charge is 0.479 e. The van der Waals surface area contributed by atoms with Gasteiger partial charge in [-0.3, -0.25) is 4.79 Å². The Bertz CT molecular complexity index is 2690. The summed E-state index contributed by atoms with van der Waals surface area (Å²) in [5, 5.41) is 186. The van der Waals surface area contributed by atoms with Crippen LogP contribution in [-0.2, 0) is 66.4 Å². The summed E-state index contributed by atoms with van der Waals surface area (Å²) in [5.74, 6) is -3.12. The molecule has 6 heterocycles. The summed E-state index contributed by atoms with van der Waals surface area (Å²) in [6, 6.07) is 0. The highest BCUT2D eigenvalue weighted by atomic mass is 16.8. The first-order chi connectivity index (χ1) is 43.5. The molecule has 17 N–H and O–H groups in total. The van der Waals surface area contributed by atoms with Gasteiger partial charge in [0.15, 0.2) is 43.7 Å². The number of carbonyl (C=O) groups is 2. The number of rotatable bonds is 15. The van der Waals surface area contributed by atoms with Crippen molar-refractivity contribution in [2.75, 3.05) is 39.6 Å². The van der Waals surface area contributed by atoms with E-state index in [4.69, 9.17) is 56.8 Å². The normalized spacial score (nSPS) is 54.7. The lowest BCUT2D eigenvalue weighted by molar-refractivity contribution is -0.372. The van der Waals surface area contributed by atoms with Crippen molar-refractivity contribution in [2.45, 2.75) is 272 Å². The maximum absolute atomic E-state index is 15.5. The third-order valence-corrected chi connectivity index (χ3v) is 24.2. The number of aliphatic hydroxyl groups excluding tert-OH is 15. The SMILES string of the molecule is C[C@@H]1O[C@@H](O[C@H]2[C@H](OC(=O)[C@]34CCC(C)(C)C[C@H]3C3=CC[C@@H]5[C@]6(C)C[C@H](O)[C@H](O[C@@H]7O[C@H](C(=O)O)[C@@H](O[C@@H]8OC[C@@H](O)[C@H](O)[C@H]8O)[C@@H](O)[C@H]7O)[C@@](C)(CO)[C@@H]6CC[C@@]5(C)[C@]3(C)CC4)OC[C@@H](O)[C@@H]2O)[C@H](O)[C@@H](O)[C@H]1O[C@@H]1OC[C@@H](O)[C@H](O[C@@H]2OC[C@](O)(CO)[C@H]2O)[C@H]1O. The molecule has 10 fully saturated rings. The average Bonchev–Trinajstić information content (AvgIpc) is 0.825. The first-order valence-electron chi connectivity index (χ1n) is 32.5. The van der Waals surface area contributed by atoms with E-state index in [1.807, 2.05) is 0 Å². The van der Waals surface area contributed by atoms with Crippen LogP contribution in [0.3, 0.4) is 0 Å². The molecule has 5 aliphatic carbocycles. The quantitative estimate of drug-likeness (QED) is 0.0416. The van der Waals surface area contributed by atoms with Crippen LogP contribution in [0.15, 0.2) is 11.6 Å². The molecule has 532 valence electrons. The summed E-state index contributed by atoms with van der Waals surface area (Å²) < 4.78 is 69.9. The Kier molecular flexibility index (Phi) is 20.3. The van der Waals surface area contributed by atoms with Crippen LogP contribution >= 0.6 is 0 Å². The molecular formula is C62H98O31. The van der Waals surface area contributed by atoms with Gasteiger partial charge in [-0.25, -0.2) is 4.79 Å². The highest BCUT2D eigenvalue weighted by molar-refractivity contribution is 5.79. The van der Waals surface area contributed by atoms with Crippen LogP contribution in [0.4, 0.5) is 0 Å². The highest BCUT2D eigenvalue weighted by Gasteiger charge is 2.72. The summed E-state index contributed by atoms with van der Waals surface area (Å²) >= 11 is 0. The van der Waals surface area contributed by atoms with E-state index < -0.39 is 244 Å². The number of allylic oxidation sites excluding steroid dienone is 2. The second kappa shape index (κ2) is 26.3. The number of ether oxygens (including phenoxy) is 12. The Balaban J connectivity index is 0.781. The number of fused-ring (bicyclic) bond motifs is 7. The van der Waals surface area contributed by atoms with E-state index in [0.717, 1.165) is 5.57 Å². The van der Waals surface area contributed by atoms with Gasteiger partial charge in [0.1, 0.15) is 97.2 Å². The van der Waals surface area contributed by atoms with E-state index in [1.165, 1.54) is 6.92 Å². The van der Waals surface area contributed by atoms with Crippen molar-refractivity contribution in [1.29, 1.82) is 0 Å². The van der Waals surface area contributed by atoms with Crippen LogP contribution in [0.5, 0.6) is 0 Å². The number of esters is 1. The van der Waals surface area contributed by atoms with E-state index in [1.54, 1.807) is 6.92 Å². The molecule has 0 aromatic heterocycles. The molecule has 4 saturated carbocycles. The van der Waals surface area contributed by atoms with Gasteiger partial charge in [0.25, 0.3) is 0 Å². The van der Waals surface area contributed by atoms with Crippen LogP contribution in [-0.4, -0.2) is 304 Å². The molecule has 0 radical (unpaired) electrons. The van der Waals surface area contributed by atoms with Gasteiger partial charge in [0, 0.05) is 5.41 Å². The number of hydrogen-bond donors (Lipinski definition) is 17. The minimum absolute atomic E-state index is 0.124. The van der Waals surface area contributed by atoms with Crippen molar-refractivity contribution >= 4 is 11.9 Å². The van der Waals surface area contributed by atoms with E-state index in [-0.39, 0.29) is 29.6 Å². The molecule has 11 rings (SSSR count). The number of carbonyl (C=O) groups excluding carboxylic acids is 1. The molecule has 6 aliphatic heterocycles. The van der Waals surface area contributed by atoms with Crippen molar-refractivity contribution in [1.82, 2.24) is 0 Å².